The minimum absolute atomic E-state index is 0.190. The lowest BCUT2D eigenvalue weighted by molar-refractivity contribution is -0.119. The van der Waals surface area contributed by atoms with E-state index in [9.17, 15) is 9.59 Å². The Morgan fingerprint density at radius 2 is 1.50 bits per heavy atom. The Morgan fingerprint density at radius 1 is 0.900 bits per heavy atom. The second-order valence-electron chi connectivity index (χ2n) is 7.33. The Morgan fingerprint density at radius 3 is 2.13 bits per heavy atom. The second kappa shape index (κ2) is 8.13. The van der Waals surface area contributed by atoms with Crippen LogP contribution in [0.2, 0.25) is 10.0 Å². The Labute approximate surface area is 185 Å². The van der Waals surface area contributed by atoms with Gasteiger partial charge in [0.25, 0.3) is 5.91 Å². The van der Waals surface area contributed by atoms with Crippen molar-refractivity contribution < 1.29 is 9.59 Å². The Bertz CT molecular complexity index is 1110. The average molecular weight is 439 g/mol. The minimum atomic E-state index is -0.671. The molecule has 6 heteroatoms. The molecule has 0 saturated heterocycles. The fourth-order valence-corrected chi connectivity index (χ4v) is 4.20. The van der Waals surface area contributed by atoms with Crippen LogP contribution >= 0.6 is 23.2 Å². The molecule has 0 fully saturated rings. The number of hydrogen-bond acceptors (Lipinski definition) is 2. The fourth-order valence-electron chi connectivity index (χ4n) is 3.68. The highest BCUT2D eigenvalue weighted by Crippen LogP contribution is 2.39. The van der Waals surface area contributed by atoms with Crippen LogP contribution in [-0.4, -0.2) is 17.9 Å². The number of fused-ring (bicyclic) bond motifs is 1. The molecule has 3 aromatic carbocycles. The smallest absolute Gasteiger partial charge is 0.259 e. The first-order valence-electron chi connectivity index (χ1n) is 9.62. The van der Waals surface area contributed by atoms with Crippen molar-refractivity contribution in [3.63, 3.8) is 0 Å². The molecule has 1 aliphatic heterocycles. The van der Waals surface area contributed by atoms with Gasteiger partial charge in [0.1, 0.15) is 6.04 Å². The zero-order valence-corrected chi connectivity index (χ0v) is 18.1. The summed E-state index contributed by atoms with van der Waals surface area (Å²) in [6.45, 7) is 3.94. The normalized spacial score (nSPS) is 15.9. The maximum absolute atomic E-state index is 13.4. The van der Waals surface area contributed by atoms with E-state index in [0.29, 0.717) is 32.5 Å². The molecule has 0 bridgehead atoms. The molecule has 152 valence electrons. The summed E-state index contributed by atoms with van der Waals surface area (Å²) in [4.78, 5) is 29.9. The van der Waals surface area contributed by atoms with E-state index in [1.54, 1.807) is 47.1 Å². The Balaban J connectivity index is 1.77. The van der Waals surface area contributed by atoms with Crippen molar-refractivity contribution in [3.8, 4) is 0 Å². The maximum Gasteiger partial charge on any atom is 0.259 e. The van der Waals surface area contributed by atoms with Gasteiger partial charge in [-0.1, -0.05) is 59.1 Å². The second-order valence-corrected chi connectivity index (χ2v) is 8.14. The number of rotatable bonds is 3. The summed E-state index contributed by atoms with van der Waals surface area (Å²) in [7, 11) is 0. The van der Waals surface area contributed by atoms with E-state index in [2.05, 4.69) is 0 Å². The first kappa shape index (κ1) is 20.5. The molecular formula is C24H20Cl2N2O2. The zero-order chi connectivity index (χ0) is 21.4. The largest absolute Gasteiger partial charge is 0.304 e. The van der Waals surface area contributed by atoms with Gasteiger partial charge in [-0.3, -0.25) is 14.5 Å². The van der Waals surface area contributed by atoms with Gasteiger partial charge in [0.15, 0.2) is 0 Å². The van der Waals surface area contributed by atoms with Crippen molar-refractivity contribution in [2.24, 2.45) is 0 Å². The van der Waals surface area contributed by atoms with Gasteiger partial charge >= 0.3 is 0 Å². The van der Waals surface area contributed by atoms with Crippen molar-refractivity contribution in [2.45, 2.75) is 26.4 Å². The SMILES string of the molecule is Cc1ccc(C(=O)N2c3ccccc3N(Cc3c(Cl)cccc3Cl)C(=O)[C@@H]2C)cc1. The molecule has 3 aromatic rings. The van der Waals surface area contributed by atoms with Gasteiger partial charge in [-0.25, -0.2) is 0 Å². The minimum Gasteiger partial charge on any atom is -0.304 e. The Hall–Kier alpha value is -2.82. The van der Waals surface area contributed by atoms with Gasteiger partial charge in [0, 0.05) is 21.2 Å². The molecule has 1 heterocycles. The monoisotopic (exact) mass is 438 g/mol. The molecule has 0 N–H and O–H groups in total. The molecule has 0 aliphatic carbocycles. The van der Waals surface area contributed by atoms with Crippen LogP contribution in [0, 0.1) is 6.92 Å². The third-order valence-corrected chi connectivity index (χ3v) is 6.05. The van der Waals surface area contributed by atoms with Crippen LogP contribution < -0.4 is 9.80 Å². The summed E-state index contributed by atoms with van der Waals surface area (Å²) in [5.74, 6) is -0.399. The highest BCUT2D eigenvalue weighted by Gasteiger charge is 2.39. The van der Waals surface area contributed by atoms with E-state index in [1.165, 1.54) is 0 Å². The molecule has 0 radical (unpaired) electrons. The highest BCUT2D eigenvalue weighted by molar-refractivity contribution is 6.36. The van der Waals surface area contributed by atoms with E-state index in [0.717, 1.165) is 5.56 Å². The van der Waals surface area contributed by atoms with Crippen LogP contribution in [-0.2, 0) is 11.3 Å². The summed E-state index contributed by atoms with van der Waals surface area (Å²) < 4.78 is 0. The molecule has 30 heavy (non-hydrogen) atoms. The van der Waals surface area contributed by atoms with E-state index in [-0.39, 0.29) is 18.4 Å². The summed E-state index contributed by atoms with van der Waals surface area (Å²) in [6.07, 6.45) is 0. The predicted molar refractivity (Wildman–Crippen MR) is 122 cm³/mol. The fraction of sp³-hybridized carbons (Fsp3) is 0.167. The van der Waals surface area contributed by atoms with Crippen molar-refractivity contribution in [3.05, 3.63) is 93.5 Å². The number of anilines is 2. The van der Waals surface area contributed by atoms with E-state index >= 15 is 0 Å². The van der Waals surface area contributed by atoms with Crippen molar-refractivity contribution in [1.29, 1.82) is 0 Å². The van der Waals surface area contributed by atoms with Crippen molar-refractivity contribution >= 4 is 46.4 Å². The first-order valence-corrected chi connectivity index (χ1v) is 10.4. The molecule has 4 rings (SSSR count). The summed E-state index contributed by atoms with van der Waals surface area (Å²) in [6, 6.07) is 19.3. The molecule has 1 aliphatic rings. The molecule has 0 saturated carbocycles. The van der Waals surface area contributed by atoms with Gasteiger partial charge in [0.05, 0.1) is 17.9 Å². The van der Waals surface area contributed by atoms with Gasteiger partial charge in [-0.15, -0.1) is 0 Å². The number of halogens is 2. The van der Waals surface area contributed by atoms with Crippen LogP contribution in [0.1, 0.15) is 28.4 Å². The molecule has 0 spiro atoms. The van der Waals surface area contributed by atoms with Crippen LogP contribution in [0.5, 0.6) is 0 Å². The molecule has 1 atom stereocenters. The average Bonchev–Trinajstić information content (AvgIpc) is 2.74. The van der Waals surface area contributed by atoms with Gasteiger partial charge in [0.2, 0.25) is 5.91 Å². The van der Waals surface area contributed by atoms with E-state index < -0.39 is 6.04 Å². The van der Waals surface area contributed by atoms with Crippen molar-refractivity contribution in [1.82, 2.24) is 0 Å². The number of amides is 2. The van der Waals surface area contributed by atoms with Crippen LogP contribution in [0.3, 0.4) is 0 Å². The van der Waals surface area contributed by atoms with E-state index in [4.69, 9.17) is 23.2 Å². The highest BCUT2D eigenvalue weighted by atomic mass is 35.5. The van der Waals surface area contributed by atoms with Gasteiger partial charge < -0.3 is 4.90 Å². The number of benzene rings is 3. The standard InChI is InChI=1S/C24H20Cl2N2O2/c1-15-10-12-17(13-11-15)24(30)28-16(2)23(29)27(21-8-3-4-9-22(21)28)14-18-19(25)6-5-7-20(18)26/h3-13,16H,14H2,1-2H3/t16-/m0/s1. The lowest BCUT2D eigenvalue weighted by atomic mass is 10.0. The summed E-state index contributed by atoms with van der Waals surface area (Å²) >= 11 is 12.7. The van der Waals surface area contributed by atoms with Crippen molar-refractivity contribution in [2.75, 3.05) is 9.80 Å². The van der Waals surface area contributed by atoms with Crippen LogP contribution in [0.15, 0.2) is 66.7 Å². The van der Waals surface area contributed by atoms with E-state index in [1.807, 2.05) is 43.3 Å². The number of carbonyl (C=O) groups is 2. The number of aryl methyl sites for hydroxylation is 1. The van der Waals surface area contributed by atoms with Gasteiger partial charge in [-0.05, 0) is 50.2 Å². The number of nitrogens with zero attached hydrogens (tertiary/aromatic N) is 2. The molecular weight excluding hydrogens is 419 g/mol. The van der Waals surface area contributed by atoms with Crippen LogP contribution in [0.25, 0.3) is 0 Å². The third-order valence-electron chi connectivity index (χ3n) is 5.34. The zero-order valence-electron chi connectivity index (χ0n) is 16.6. The summed E-state index contributed by atoms with van der Waals surface area (Å²) in [5.41, 5.74) is 3.61. The molecule has 4 nitrogen and oxygen atoms in total. The third kappa shape index (κ3) is 3.57. The van der Waals surface area contributed by atoms with Crippen LogP contribution in [0.4, 0.5) is 11.4 Å². The number of carbonyl (C=O) groups excluding carboxylic acids is 2. The predicted octanol–water partition coefficient (Wildman–Crippen LogP) is 5.88. The molecule has 2 amide bonds. The maximum atomic E-state index is 13.4. The topological polar surface area (TPSA) is 40.6 Å². The summed E-state index contributed by atoms with van der Waals surface area (Å²) in [5, 5.41) is 0.997. The lowest BCUT2D eigenvalue weighted by Gasteiger charge is -2.40. The lowest BCUT2D eigenvalue weighted by Crippen LogP contribution is -2.54. The Kier molecular flexibility index (Phi) is 5.54. The molecule has 0 unspecified atom stereocenters. The molecule has 0 aromatic heterocycles. The number of para-hydroxylation sites is 2. The quantitative estimate of drug-likeness (QED) is 0.511. The first-order chi connectivity index (χ1) is 14.4. The number of hydrogen-bond donors (Lipinski definition) is 0. The van der Waals surface area contributed by atoms with Gasteiger partial charge in [-0.2, -0.15) is 0 Å².